The van der Waals surface area contributed by atoms with E-state index in [9.17, 15) is 4.39 Å². The number of hydrogen-bond acceptors (Lipinski definition) is 3. The van der Waals surface area contributed by atoms with Gasteiger partial charge in [-0.1, -0.05) is 24.3 Å². The molecule has 0 spiro atoms. The van der Waals surface area contributed by atoms with Gasteiger partial charge in [-0.2, -0.15) is 0 Å². The van der Waals surface area contributed by atoms with Crippen LogP contribution in [0.1, 0.15) is 11.1 Å². The lowest BCUT2D eigenvalue weighted by molar-refractivity contribution is 0.237. The molecule has 2 aromatic carbocycles. The van der Waals surface area contributed by atoms with Crippen molar-refractivity contribution in [3.8, 4) is 11.5 Å². The van der Waals surface area contributed by atoms with E-state index in [1.54, 1.807) is 12.1 Å². The molecule has 0 fully saturated rings. The minimum atomic E-state index is -0.251. The van der Waals surface area contributed by atoms with E-state index in [1.165, 1.54) is 18.7 Å². The zero-order valence-corrected chi connectivity index (χ0v) is 11.9. The predicted molar refractivity (Wildman–Crippen MR) is 79.2 cm³/mol. The molecular formula is C17H18FNO2. The van der Waals surface area contributed by atoms with E-state index in [-0.39, 0.29) is 11.9 Å². The summed E-state index contributed by atoms with van der Waals surface area (Å²) in [5.41, 5.74) is 1.83. The summed E-state index contributed by atoms with van der Waals surface area (Å²) in [5, 5.41) is 3.35. The van der Waals surface area contributed by atoms with E-state index in [0.717, 1.165) is 12.2 Å². The van der Waals surface area contributed by atoms with E-state index < -0.39 is 0 Å². The van der Waals surface area contributed by atoms with Crippen molar-refractivity contribution < 1.29 is 13.9 Å². The molecule has 0 saturated heterocycles. The number of halogens is 1. The third-order valence-corrected chi connectivity index (χ3v) is 3.72. The first-order chi connectivity index (χ1) is 10.3. The van der Waals surface area contributed by atoms with Gasteiger partial charge in [0.1, 0.15) is 23.9 Å². The normalized spacial score (nSPS) is 17.0. The molecule has 0 amide bonds. The number of rotatable bonds is 4. The molecule has 2 aromatic rings. The Morgan fingerprint density at radius 1 is 1.29 bits per heavy atom. The van der Waals surface area contributed by atoms with Crippen LogP contribution in [0, 0.1) is 5.82 Å². The Bertz CT molecular complexity index is 630. The third-order valence-electron chi connectivity index (χ3n) is 3.72. The first-order valence-electron chi connectivity index (χ1n) is 7.03. The van der Waals surface area contributed by atoms with Crippen molar-refractivity contribution in [2.24, 2.45) is 0 Å². The molecule has 1 atom stereocenters. The summed E-state index contributed by atoms with van der Waals surface area (Å²) in [6, 6.07) is 13.1. The van der Waals surface area contributed by atoms with Crippen LogP contribution in [0.4, 0.5) is 4.39 Å². The van der Waals surface area contributed by atoms with Crippen molar-refractivity contribution in [1.82, 2.24) is 5.32 Å². The zero-order valence-electron chi connectivity index (χ0n) is 11.9. The quantitative estimate of drug-likeness (QED) is 0.938. The molecule has 110 valence electrons. The number of para-hydroxylation sites is 1. The first-order valence-corrected chi connectivity index (χ1v) is 7.03. The summed E-state index contributed by atoms with van der Waals surface area (Å²) in [7, 11) is 1.53. The minimum Gasteiger partial charge on any atom is -0.497 e. The topological polar surface area (TPSA) is 30.5 Å². The number of ether oxygens (including phenoxy) is 2. The average molecular weight is 287 g/mol. The lowest BCUT2D eigenvalue weighted by Crippen LogP contribution is -2.39. The Morgan fingerprint density at radius 3 is 2.95 bits per heavy atom. The summed E-state index contributed by atoms with van der Waals surface area (Å²) in [5.74, 6) is 1.23. The third kappa shape index (κ3) is 3.16. The number of hydrogen-bond donors (Lipinski definition) is 1. The first kappa shape index (κ1) is 13.9. The molecule has 0 radical (unpaired) electrons. The molecule has 0 saturated carbocycles. The maximum Gasteiger partial charge on any atom is 0.131 e. The van der Waals surface area contributed by atoms with Crippen molar-refractivity contribution in [2.45, 2.75) is 19.0 Å². The minimum absolute atomic E-state index is 0.196. The van der Waals surface area contributed by atoms with Crippen molar-refractivity contribution in [1.29, 1.82) is 0 Å². The van der Waals surface area contributed by atoms with Crippen LogP contribution in [-0.2, 0) is 13.0 Å². The number of nitrogens with one attached hydrogen (secondary N) is 1. The van der Waals surface area contributed by atoms with Crippen LogP contribution < -0.4 is 14.8 Å². The summed E-state index contributed by atoms with van der Waals surface area (Å²) in [4.78, 5) is 0. The molecular weight excluding hydrogens is 269 g/mol. The molecule has 1 N–H and O–H groups in total. The highest BCUT2D eigenvalue weighted by Crippen LogP contribution is 2.24. The molecule has 1 aliphatic heterocycles. The van der Waals surface area contributed by atoms with Gasteiger partial charge in [-0.05, 0) is 24.1 Å². The highest BCUT2D eigenvalue weighted by Gasteiger charge is 2.19. The van der Waals surface area contributed by atoms with Crippen molar-refractivity contribution >= 4 is 0 Å². The molecule has 3 nitrogen and oxygen atoms in total. The van der Waals surface area contributed by atoms with Gasteiger partial charge in [0.2, 0.25) is 0 Å². The van der Waals surface area contributed by atoms with E-state index in [4.69, 9.17) is 9.47 Å². The predicted octanol–water partition coefficient (Wildman–Crippen LogP) is 2.93. The highest BCUT2D eigenvalue weighted by molar-refractivity contribution is 5.35. The molecule has 1 heterocycles. The van der Waals surface area contributed by atoms with Crippen LogP contribution in [0.25, 0.3) is 0 Å². The van der Waals surface area contributed by atoms with Gasteiger partial charge < -0.3 is 14.8 Å². The van der Waals surface area contributed by atoms with Crippen LogP contribution >= 0.6 is 0 Å². The molecule has 0 aliphatic carbocycles. The Kier molecular flexibility index (Phi) is 4.06. The van der Waals surface area contributed by atoms with Crippen LogP contribution in [0.3, 0.4) is 0 Å². The van der Waals surface area contributed by atoms with E-state index >= 15 is 0 Å². The molecule has 0 aromatic heterocycles. The van der Waals surface area contributed by atoms with Crippen LogP contribution in [-0.4, -0.2) is 19.8 Å². The number of methoxy groups -OCH3 is 1. The van der Waals surface area contributed by atoms with Crippen molar-refractivity contribution in [2.75, 3.05) is 13.7 Å². The number of fused-ring (bicyclic) bond motifs is 1. The van der Waals surface area contributed by atoms with Crippen molar-refractivity contribution in [3.63, 3.8) is 0 Å². The van der Waals surface area contributed by atoms with Gasteiger partial charge in [-0.15, -0.1) is 0 Å². The fourth-order valence-corrected chi connectivity index (χ4v) is 2.51. The molecule has 3 rings (SSSR count). The van der Waals surface area contributed by atoms with Gasteiger partial charge in [0, 0.05) is 24.2 Å². The van der Waals surface area contributed by atoms with E-state index in [1.807, 2.05) is 18.2 Å². The largest absolute Gasteiger partial charge is 0.497 e. The standard InChI is InChI=1S/C17H18FNO2/c1-20-15-7-6-13(16(18)9-15)10-19-14-8-12-4-2-3-5-17(12)21-11-14/h2-7,9,14,19H,8,10-11H2,1H3/t14-/m1/s1. The fourth-order valence-electron chi connectivity index (χ4n) is 2.51. The second-order valence-corrected chi connectivity index (χ2v) is 5.16. The van der Waals surface area contributed by atoms with Gasteiger partial charge in [-0.3, -0.25) is 0 Å². The summed E-state index contributed by atoms with van der Waals surface area (Å²) >= 11 is 0. The maximum atomic E-state index is 13.9. The SMILES string of the molecule is COc1ccc(CN[C@H]2COc3ccccc3C2)c(F)c1. The van der Waals surface area contributed by atoms with Gasteiger partial charge in [0.25, 0.3) is 0 Å². The smallest absolute Gasteiger partial charge is 0.131 e. The molecule has 0 unspecified atom stereocenters. The Labute approximate surface area is 123 Å². The Balaban J connectivity index is 1.61. The molecule has 1 aliphatic rings. The number of benzene rings is 2. The van der Waals surface area contributed by atoms with Gasteiger partial charge >= 0.3 is 0 Å². The van der Waals surface area contributed by atoms with Crippen LogP contribution in [0.2, 0.25) is 0 Å². The monoisotopic (exact) mass is 287 g/mol. The van der Waals surface area contributed by atoms with Crippen LogP contribution in [0.15, 0.2) is 42.5 Å². The lowest BCUT2D eigenvalue weighted by atomic mass is 10.0. The molecule has 21 heavy (non-hydrogen) atoms. The van der Waals surface area contributed by atoms with E-state index in [2.05, 4.69) is 11.4 Å². The molecule has 4 heteroatoms. The van der Waals surface area contributed by atoms with Gasteiger partial charge in [0.15, 0.2) is 0 Å². The maximum absolute atomic E-state index is 13.9. The fraction of sp³-hybridized carbons (Fsp3) is 0.294. The van der Waals surface area contributed by atoms with Crippen LogP contribution in [0.5, 0.6) is 11.5 Å². The Morgan fingerprint density at radius 2 is 2.14 bits per heavy atom. The Hall–Kier alpha value is -2.07. The summed E-state index contributed by atoms with van der Waals surface area (Å²) in [6.45, 7) is 1.08. The zero-order chi connectivity index (χ0) is 14.7. The summed E-state index contributed by atoms with van der Waals surface area (Å²) in [6.07, 6.45) is 0.897. The second kappa shape index (κ2) is 6.14. The second-order valence-electron chi connectivity index (χ2n) is 5.16. The van der Waals surface area contributed by atoms with Gasteiger partial charge in [-0.25, -0.2) is 4.39 Å². The lowest BCUT2D eigenvalue weighted by Gasteiger charge is -2.26. The van der Waals surface area contributed by atoms with Gasteiger partial charge in [0.05, 0.1) is 7.11 Å². The van der Waals surface area contributed by atoms with Crippen molar-refractivity contribution in [3.05, 3.63) is 59.4 Å². The van der Waals surface area contributed by atoms with E-state index in [0.29, 0.717) is 24.5 Å². The highest BCUT2D eigenvalue weighted by atomic mass is 19.1. The molecule has 0 bridgehead atoms. The average Bonchev–Trinajstić information content (AvgIpc) is 2.53. The summed E-state index contributed by atoms with van der Waals surface area (Å²) < 4.78 is 24.6.